The molecule has 192 valence electrons. The molecule has 0 aliphatic carbocycles. The van der Waals surface area contributed by atoms with Crippen LogP contribution in [0.1, 0.15) is 34.0 Å². The molecule has 4 nitrogen and oxygen atoms in total. The molecule has 0 bridgehead atoms. The van der Waals surface area contributed by atoms with E-state index in [4.69, 9.17) is 16.0 Å². The summed E-state index contributed by atoms with van der Waals surface area (Å²) >= 11 is 6.15. The number of carbonyl (C=O) groups excluding carboxylic acids is 1. The summed E-state index contributed by atoms with van der Waals surface area (Å²) in [6.45, 7) is 1.94. The molecule has 5 aromatic rings. The van der Waals surface area contributed by atoms with Crippen molar-refractivity contribution in [3.05, 3.63) is 124 Å². The highest BCUT2D eigenvalue weighted by Crippen LogP contribution is 2.37. The van der Waals surface area contributed by atoms with E-state index in [2.05, 4.69) is 10.3 Å². The number of halogens is 4. The first kappa shape index (κ1) is 25.5. The largest absolute Gasteiger partial charge is 0.456 e. The molecule has 1 amide bonds. The van der Waals surface area contributed by atoms with Crippen LogP contribution in [0.3, 0.4) is 0 Å². The number of aryl methyl sites for hydroxylation is 1. The van der Waals surface area contributed by atoms with Gasteiger partial charge in [-0.1, -0.05) is 54.1 Å². The van der Waals surface area contributed by atoms with Gasteiger partial charge in [0.15, 0.2) is 5.69 Å². The molecule has 2 heterocycles. The fourth-order valence-corrected chi connectivity index (χ4v) is 4.74. The first-order valence-electron chi connectivity index (χ1n) is 11.8. The van der Waals surface area contributed by atoms with Crippen LogP contribution < -0.4 is 5.32 Å². The molecule has 5 rings (SSSR count). The Morgan fingerprint density at radius 3 is 2.53 bits per heavy atom. The van der Waals surface area contributed by atoms with E-state index in [1.54, 1.807) is 24.3 Å². The molecule has 0 aliphatic heterocycles. The first-order chi connectivity index (χ1) is 18.2. The maximum atomic E-state index is 13.4. The number of nitrogens with zero attached hydrogens (tertiary/aromatic N) is 1. The minimum absolute atomic E-state index is 0.0596. The van der Waals surface area contributed by atoms with Crippen LogP contribution in [-0.2, 0) is 17.4 Å². The van der Waals surface area contributed by atoms with Crippen molar-refractivity contribution in [3.8, 4) is 11.3 Å². The minimum atomic E-state index is -4.61. The molecule has 0 radical (unpaired) electrons. The van der Waals surface area contributed by atoms with Crippen LogP contribution in [0.5, 0.6) is 0 Å². The van der Waals surface area contributed by atoms with Crippen molar-refractivity contribution < 1.29 is 22.4 Å². The zero-order chi connectivity index (χ0) is 26.9. The van der Waals surface area contributed by atoms with Gasteiger partial charge in [-0.3, -0.25) is 9.78 Å². The Labute approximate surface area is 222 Å². The summed E-state index contributed by atoms with van der Waals surface area (Å²) < 4.78 is 46.0. The van der Waals surface area contributed by atoms with Gasteiger partial charge < -0.3 is 9.73 Å². The van der Waals surface area contributed by atoms with E-state index in [0.29, 0.717) is 21.6 Å². The third-order valence-corrected chi connectivity index (χ3v) is 6.50. The molecule has 8 heteroatoms. The van der Waals surface area contributed by atoms with E-state index in [-0.39, 0.29) is 29.7 Å². The van der Waals surface area contributed by atoms with Crippen molar-refractivity contribution in [2.75, 3.05) is 0 Å². The number of nitrogens with one attached hydrogen (secondary N) is 1. The topological polar surface area (TPSA) is 55.1 Å². The molecule has 2 aromatic heterocycles. The summed E-state index contributed by atoms with van der Waals surface area (Å²) in [4.78, 5) is 16.7. The second-order valence-electron chi connectivity index (χ2n) is 8.97. The zero-order valence-electron chi connectivity index (χ0n) is 20.2. The van der Waals surface area contributed by atoms with E-state index in [9.17, 15) is 18.0 Å². The maximum Gasteiger partial charge on any atom is 0.434 e. The van der Waals surface area contributed by atoms with Crippen LogP contribution in [-0.4, -0.2) is 10.9 Å². The van der Waals surface area contributed by atoms with E-state index in [1.165, 1.54) is 18.2 Å². The lowest BCUT2D eigenvalue weighted by Gasteiger charge is -2.22. The second-order valence-corrected chi connectivity index (χ2v) is 9.41. The van der Waals surface area contributed by atoms with Crippen LogP contribution in [0.15, 0.2) is 95.5 Å². The Bertz CT molecular complexity index is 1610. The Kier molecular flexibility index (Phi) is 6.95. The average Bonchev–Trinajstić information content (AvgIpc) is 3.31. The fraction of sp³-hybridized carbons (Fsp3) is 0.133. The third kappa shape index (κ3) is 5.43. The SMILES string of the molecule is Cc1cc(Cl)ccc1C(NC(=O)Cc1ccc2oc(-c3cccnc3C(F)(F)F)cc2c1)c1ccccc1. The summed E-state index contributed by atoms with van der Waals surface area (Å²) in [5.41, 5.74) is 2.78. The summed E-state index contributed by atoms with van der Waals surface area (Å²) in [6.07, 6.45) is -3.44. The summed E-state index contributed by atoms with van der Waals surface area (Å²) in [6, 6.07) is 24.2. The van der Waals surface area contributed by atoms with Gasteiger partial charge >= 0.3 is 6.18 Å². The van der Waals surface area contributed by atoms with Gasteiger partial charge in [0.1, 0.15) is 11.3 Å². The fourth-order valence-electron chi connectivity index (χ4n) is 4.51. The van der Waals surface area contributed by atoms with E-state index >= 15 is 0 Å². The van der Waals surface area contributed by atoms with Gasteiger partial charge in [0.2, 0.25) is 5.91 Å². The Morgan fingerprint density at radius 1 is 1.00 bits per heavy atom. The molecule has 0 aliphatic rings. The van der Waals surface area contributed by atoms with Gasteiger partial charge in [-0.05, 0) is 71.6 Å². The Morgan fingerprint density at radius 2 is 1.79 bits per heavy atom. The lowest BCUT2D eigenvalue weighted by molar-refractivity contribution is -0.140. The van der Waals surface area contributed by atoms with Gasteiger partial charge in [-0.25, -0.2) is 0 Å². The predicted octanol–water partition coefficient (Wildman–Crippen LogP) is 7.92. The van der Waals surface area contributed by atoms with Crippen LogP contribution >= 0.6 is 11.6 Å². The predicted molar refractivity (Wildman–Crippen MR) is 141 cm³/mol. The number of rotatable bonds is 6. The van der Waals surface area contributed by atoms with Crippen molar-refractivity contribution in [1.29, 1.82) is 0 Å². The number of amides is 1. The molecule has 0 spiro atoms. The van der Waals surface area contributed by atoms with E-state index in [1.807, 2.05) is 49.4 Å². The van der Waals surface area contributed by atoms with Crippen molar-refractivity contribution in [2.45, 2.75) is 25.6 Å². The Balaban J connectivity index is 1.40. The Hall–Kier alpha value is -4.10. The number of carbonyl (C=O) groups is 1. The normalized spacial score (nSPS) is 12.4. The number of furan rings is 1. The highest BCUT2D eigenvalue weighted by atomic mass is 35.5. The highest BCUT2D eigenvalue weighted by molar-refractivity contribution is 6.30. The van der Waals surface area contributed by atoms with Crippen LogP contribution in [0.25, 0.3) is 22.3 Å². The van der Waals surface area contributed by atoms with Crippen molar-refractivity contribution in [3.63, 3.8) is 0 Å². The van der Waals surface area contributed by atoms with E-state index < -0.39 is 11.9 Å². The number of aromatic nitrogens is 1. The van der Waals surface area contributed by atoms with E-state index in [0.717, 1.165) is 22.9 Å². The molecule has 3 aromatic carbocycles. The van der Waals surface area contributed by atoms with Crippen molar-refractivity contribution in [1.82, 2.24) is 10.3 Å². The van der Waals surface area contributed by atoms with Gasteiger partial charge in [0.05, 0.1) is 12.5 Å². The lowest BCUT2D eigenvalue weighted by Crippen LogP contribution is -2.31. The van der Waals surface area contributed by atoms with Crippen LogP contribution in [0, 0.1) is 6.92 Å². The molecular formula is C30H22ClF3N2O2. The van der Waals surface area contributed by atoms with Crippen LogP contribution in [0.2, 0.25) is 5.02 Å². The molecule has 1 atom stereocenters. The summed E-state index contributed by atoms with van der Waals surface area (Å²) in [5.74, 6) is -0.146. The van der Waals surface area contributed by atoms with Gasteiger partial charge in [-0.15, -0.1) is 0 Å². The number of alkyl halides is 3. The zero-order valence-corrected chi connectivity index (χ0v) is 21.0. The first-order valence-corrected chi connectivity index (χ1v) is 12.2. The van der Waals surface area contributed by atoms with Gasteiger partial charge in [-0.2, -0.15) is 13.2 Å². The summed E-state index contributed by atoms with van der Waals surface area (Å²) in [5, 5.41) is 4.33. The molecular weight excluding hydrogens is 513 g/mol. The van der Waals surface area contributed by atoms with Crippen molar-refractivity contribution in [2.24, 2.45) is 0 Å². The monoisotopic (exact) mass is 534 g/mol. The molecule has 0 saturated carbocycles. The molecule has 38 heavy (non-hydrogen) atoms. The number of hydrogen-bond donors (Lipinski definition) is 1. The molecule has 1 N–H and O–H groups in total. The average molecular weight is 535 g/mol. The smallest absolute Gasteiger partial charge is 0.434 e. The van der Waals surface area contributed by atoms with Crippen LogP contribution in [0.4, 0.5) is 13.2 Å². The number of pyridine rings is 1. The molecule has 0 fully saturated rings. The molecule has 1 unspecified atom stereocenters. The summed E-state index contributed by atoms with van der Waals surface area (Å²) in [7, 11) is 0. The lowest BCUT2D eigenvalue weighted by atomic mass is 9.94. The second kappa shape index (κ2) is 10.3. The minimum Gasteiger partial charge on any atom is -0.456 e. The third-order valence-electron chi connectivity index (χ3n) is 6.27. The van der Waals surface area contributed by atoms with Gasteiger partial charge in [0, 0.05) is 22.2 Å². The quantitative estimate of drug-likeness (QED) is 0.241. The molecule has 0 saturated heterocycles. The van der Waals surface area contributed by atoms with Crippen molar-refractivity contribution >= 4 is 28.5 Å². The van der Waals surface area contributed by atoms with Gasteiger partial charge in [0.25, 0.3) is 0 Å². The number of hydrogen-bond acceptors (Lipinski definition) is 3. The highest BCUT2D eigenvalue weighted by Gasteiger charge is 2.36. The standard InChI is InChI=1S/C30H22ClF3N2O2/c1-18-14-22(31)10-11-23(18)28(20-6-3-2-4-7-20)36-27(37)16-19-9-12-25-21(15-19)17-26(38-25)24-8-5-13-35-29(24)30(32,33)34/h2-15,17,28H,16H2,1H3,(H,36,37). The maximum absolute atomic E-state index is 13.4. The number of benzene rings is 3. The number of fused-ring (bicyclic) bond motifs is 1.